The fourth-order valence-corrected chi connectivity index (χ4v) is 2.57. The number of carbonyl (C=O) groups excluding carboxylic acids is 2. The Balaban J connectivity index is 1.76. The molecule has 7 nitrogen and oxygen atoms in total. The van der Waals surface area contributed by atoms with E-state index in [0.29, 0.717) is 0 Å². The van der Waals surface area contributed by atoms with Gasteiger partial charge in [-0.3, -0.25) is 0 Å². The standard InChI is InChI=1S/C19H18O7/c20-14-11-24-19(23)16(26-18(22)13-9-5-2-6-10-13)15(14)25-17(21)12-7-3-1-4-8-12/h1-10,14-16,19-20,23H,11H2/t14-,15+,16-,19-/m0/s1. The third-order valence-electron chi connectivity index (χ3n) is 3.93. The van der Waals surface area contributed by atoms with Crippen LogP contribution in [0.3, 0.4) is 0 Å². The summed E-state index contributed by atoms with van der Waals surface area (Å²) in [5.41, 5.74) is 0.529. The highest BCUT2D eigenvalue weighted by molar-refractivity contribution is 5.90. The van der Waals surface area contributed by atoms with Gasteiger partial charge in [0.1, 0.15) is 6.10 Å². The van der Waals surface area contributed by atoms with Crippen LogP contribution < -0.4 is 0 Å². The summed E-state index contributed by atoms with van der Waals surface area (Å²) in [5.74, 6) is -1.43. The van der Waals surface area contributed by atoms with Crippen LogP contribution in [0.4, 0.5) is 0 Å². The fourth-order valence-electron chi connectivity index (χ4n) is 2.57. The maximum atomic E-state index is 12.3. The minimum atomic E-state index is -1.53. The van der Waals surface area contributed by atoms with Gasteiger partial charge in [-0.25, -0.2) is 9.59 Å². The summed E-state index contributed by atoms with van der Waals surface area (Å²) in [6.07, 6.45) is -5.41. The minimum absolute atomic E-state index is 0.257. The van der Waals surface area contributed by atoms with Crippen molar-refractivity contribution >= 4 is 11.9 Å². The summed E-state index contributed by atoms with van der Waals surface area (Å²) in [4.78, 5) is 24.5. The summed E-state index contributed by atoms with van der Waals surface area (Å²) in [5, 5.41) is 20.2. The van der Waals surface area contributed by atoms with Gasteiger partial charge in [-0.2, -0.15) is 0 Å². The highest BCUT2D eigenvalue weighted by atomic mass is 16.7. The summed E-state index contributed by atoms with van der Waals surface area (Å²) in [7, 11) is 0. The molecule has 7 heteroatoms. The smallest absolute Gasteiger partial charge is 0.338 e. The van der Waals surface area contributed by atoms with E-state index >= 15 is 0 Å². The molecule has 136 valence electrons. The number of carbonyl (C=O) groups is 2. The number of esters is 2. The number of hydrogen-bond acceptors (Lipinski definition) is 7. The number of benzene rings is 2. The van der Waals surface area contributed by atoms with Crippen LogP contribution in [0.1, 0.15) is 20.7 Å². The Hall–Kier alpha value is -2.74. The summed E-state index contributed by atoms with van der Waals surface area (Å²) in [6, 6.07) is 16.3. The predicted octanol–water partition coefficient (Wildman–Crippen LogP) is 1.15. The van der Waals surface area contributed by atoms with Crippen molar-refractivity contribution in [3.63, 3.8) is 0 Å². The Morgan fingerprint density at radius 2 is 1.27 bits per heavy atom. The lowest BCUT2D eigenvalue weighted by atomic mass is 10.0. The Morgan fingerprint density at radius 3 is 1.77 bits per heavy atom. The molecule has 3 rings (SSSR count). The first-order valence-corrected chi connectivity index (χ1v) is 8.06. The van der Waals surface area contributed by atoms with Gasteiger partial charge >= 0.3 is 11.9 Å². The number of aliphatic hydroxyl groups is 2. The largest absolute Gasteiger partial charge is 0.452 e. The monoisotopic (exact) mass is 358 g/mol. The summed E-state index contributed by atoms with van der Waals surface area (Å²) >= 11 is 0. The molecule has 1 fully saturated rings. The van der Waals surface area contributed by atoms with E-state index in [2.05, 4.69) is 0 Å². The van der Waals surface area contributed by atoms with E-state index in [4.69, 9.17) is 14.2 Å². The van der Waals surface area contributed by atoms with Crippen molar-refractivity contribution in [2.24, 2.45) is 0 Å². The van der Waals surface area contributed by atoms with Gasteiger partial charge in [0.05, 0.1) is 17.7 Å². The maximum absolute atomic E-state index is 12.3. The van der Waals surface area contributed by atoms with Crippen molar-refractivity contribution in [3.8, 4) is 0 Å². The van der Waals surface area contributed by atoms with Crippen LogP contribution in [0, 0.1) is 0 Å². The molecule has 26 heavy (non-hydrogen) atoms. The Kier molecular flexibility index (Phi) is 5.62. The second-order valence-corrected chi connectivity index (χ2v) is 5.76. The van der Waals surface area contributed by atoms with Crippen molar-refractivity contribution in [2.45, 2.75) is 24.6 Å². The van der Waals surface area contributed by atoms with Crippen LogP contribution in [0.5, 0.6) is 0 Å². The molecule has 0 aromatic heterocycles. The molecule has 0 spiro atoms. The molecule has 0 radical (unpaired) electrons. The van der Waals surface area contributed by atoms with Gasteiger partial charge in [-0.1, -0.05) is 36.4 Å². The lowest BCUT2D eigenvalue weighted by Gasteiger charge is -2.37. The first kappa shape index (κ1) is 18.1. The van der Waals surface area contributed by atoms with E-state index in [1.807, 2.05) is 0 Å². The van der Waals surface area contributed by atoms with Gasteiger partial charge in [-0.05, 0) is 24.3 Å². The highest BCUT2D eigenvalue weighted by Gasteiger charge is 2.44. The summed E-state index contributed by atoms with van der Waals surface area (Å²) < 4.78 is 15.6. The molecule has 0 saturated carbocycles. The molecule has 2 aromatic rings. The number of rotatable bonds is 4. The Labute approximate surface area is 149 Å². The molecule has 0 amide bonds. The van der Waals surface area contributed by atoms with Crippen LogP contribution in [0.25, 0.3) is 0 Å². The number of aliphatic hydroxyl groups excluding tert-OH is 2. The SMILES string of the molecule is O=C(O[C@H]1[C@H](OC(=O)c2ccccc2)[C@@H](O)OC[C@@H]1O)c1ccccc1. The van der Waals surface area contributed by atoms with E-state index in [1.165, 1.54) is 0 Å². The third-order valence-corrected chi connectivity index (χ3v) is 3.93. The van der Waals surface area contributed by atoms with Gasteiger partial charge in [0.15, 0.2) is 18.5 Å². The maximum Gasteiger partial charge on any atom is 0.338 e. The molecule has 0 unspecified atom stereocenters. The van der Waals surface area contributed by atoms with Gasteiger partial charge in [-0.15, -0.1) is 0 Å². The van der Waals surface area contributed by atoms with E-state index in [9.17, 15) is 19.8 Å². The fraction of sp³-hybridized carbons (Fsp3) is 0.263. The van der Waals surface area contributed by atoms with Crippen molar-refractivity contribution in [1.29, 1.82) is 0 Å². The van der Waals surface area contributed by atoms with Gasteiger partial charge in [0, 0.05) is 0 Å². The first-order chi connectivity index (χ1) is 12.6. The molecule has 1 aliphatic rings. The zero-order valence-electron chi connectivity index (χ0n) is 13.7. The molecule has 1 aliphatic heterocycles. The minimum Gasteiger partial charge on any atom is -0.452 e. The molecule has 2 N–H and O–H groups in total. The van der Waals surface area contributed by atoms with Crippen LogP contribution >= 0.6 is 0 Å². The molecule has 0 bridgehead atoms. The second kappa shape index (κ2) is 8.09. The zero-order chi connectivity index (χ0) is 18.5. The Morgan fingerprint density at radius 1 is 0.808 bits per heavy atom. The van der Waals surface area contributed by atoms with Crippen LogP contribution in [0.15, 0.2) is 60.7 Å². The van der Waals surface area contributed by atoms with E-state index in [1.54, 1.807) is 60.7 Å². The second-order valence-electron chi connectivity index (χ2n) is 5.76. The van der Waals surface area contributed by atoms with Crippen molar-refractivity contribution in [3.05, 3.63) is 71.8 Å². The molecule has 1 heterocycles. The quantitative estimate of drug-likeness (QED) is 0.790. The highest BCUT2D eigenvalue weighted by Crippen LogP contribution is 2.23. The molecule has 4 atom stereocenters. The topological polar surface area (TPSA) is 102 Å². The van der Waals surface area contributed by atoms with Crippen molar-refractivity contribution in [2.75, 3.05) is 6.61 Å². The summed E-state index contributed by atoms with van der Waals surface area (Å²) in [6.45, 7) is -0.257. The zero-order valence-corrected chi connectivity index (χ0v) is 13.7. The average Bonchev–Trinajstić information content (AvgIpc) is 2.68. The van der Waals surface area contributed by atoms with Crippen molar-refractivity contribution < 1.29 is 34.0 Å². The van der Waals surface area contributed by atoms with E-state index in [-0.39, 0.29) is 17.7 Å². The first-order valence-electron chi connectivity index (χ1n) is 8.06. The van der Waals surface area contributed by atoms with Crippen molar-refractivity contribution in [1.82, 2.24) is 0 Å². The van der Waals surface area contributed by atoms with Crippen LogP contribution in [-0.2, 0) is 14.2 Å². The molecule has 1 saturated heterocycles. The van der Waals surface area contributed by atoms with Crippen LogP contribution in [-0.4, -0.2) is 53.4 Å². The lowest BCUT2D eigenvalue weighted by molar-refractivity contribution is -0.251. The Bertz CT molecular complexity index is 681. The normalized spacial score (nSPS) is 25.3. The third kappa shape index (κ3) is 4.08. The van der Waals surface area contributed by atoms with Gasteiger partial charge in [0.2, 0.25) is 0 Å². The van der Waals surface area contributed by atoms with E-state index < -0.39 is 36.5 Å². The lowest BCUT2D eigenvalue weighted by Crippen LogP contribution is -2.56. The number of ether oxygens (including phenoxy) is 3. The molecule has 2 aromatic carbocycles. The molecule has 0 aliphatic carbocycles. The van der Waals surface area contributed by atoms with Gasteiger partial charge < -0.3 is 24.4 Å². The molecular weight excluding hydrogens is 340 g/mol. The number of hydrogen-bond donors (Lipinski definition) is 2. The predicted molar refractivity (Wildman–Crippen MR) is 89.3 cm³/mol. The van der Waals surface area contributed by atoms with E-state index in [0.717, 1.165) is 0 Å². The van der Waals surface area contributed by atoms with Gasteiger partial charge in [0.25, 0.3) is 0 Å². The van der Waals surface area contributed by atoms with Crippen LogP contribution in [0.2, 0.25) is 0 Å². The average molecular weight is 358 g/mol. The molecular formula is C19H18O7.